The van der Waals surface area contributed by atoms with E-state index in [-0.39, 0.29) is 17.1 Å². The molecule has 1 aromatic carbocycles. The van der Waals surface area contributed by atoms with Crippen LogP contribution in [0.25, 0.3) is 5.69 Å². The van der Waals surface area contributed by atoms with E-state index in [9.17, 15) is 5.26 Å². The molecular weight excluding hydrogens is 450 g/mol. The summed E-state index contributed by atoms with van der Waals surface area (Å²) < 4.78 is 7.78. The maximum atomic E-state index is 9.71. The number of piperidine rings is 1. The Bertz CT molecular complexity index is 1260. The quantitative estimate of drug-likeness (QED) is 0.469. The molecular formula is C28H37N7O. The average molecular weight is 488 g/mol. The Balaban J connectivity index is 1.62. The largest absolute Gasteiger partial charge is 0.495 e. The molecule has 0 unspecified atom stereocenters. The molecule has 190 valence electrons. The van der Waals surface area contributed by atoms with Crippen molar-refractivity contribution in [3.8, 4) is 17.5 Å². The number of ether oxygens (including phenoxy) is 1. The van der Waals surface area contributed by atoms with Crippen molar-refractivity contribution in [2.24, 2.45) is 0 Å². The van der Waals surface area contributed by atoms with Gasteiger partial charge in [-0.15, -0.1) is 0 Å². The summed E-state index contributed by atoms with van der Waals surface area (Å²) in [6, 6.07) is 12.5. The van der Waals surface area contributed by atoms with Crippen LogP contribution < -0.4 is 15.4 Å². The van der Waals surface area contributed by atoms with Crippen LogP contribution in [0, 0.1) is 25.2 Å². The minimum Gasteiger partial charge on any atom is -0.495 e. The molecule has 1 aliphatic heterocycles. The monoisotopic (exact) mass is 487 g/mol. The zero-order valence-corrected chi connectivity index (χ0v) is 22.6. The van der Waals surface area contributed by atoms with Gasteiger partial charge in [-0.25, -0.2) is 4.98 Å². The lowest BCUT2D eigenvalue weighted by Crippen LogP contribution is -2.61. The second kappa shape index (κ2) is 9.47. The van der Waals surface area contributed by atoms with E-state index < -0.39 is 0 Å². The van der Waals surface area contributed by atoms with Crippen molar-refractivity contribution < 1.29 is 4.74 Å². The number of anilines is 3. The highest BCUT2D eigenvalue weighted by molar-refractivity contribution is 5.64. The number of methoxy groups -OCH3 is 1. The highest BCUT2D eigenvalue weighted by Gasteiger charge is 2.43. The first-order valence-electron chi connectivity index (χ1n) is 12.3. The molecule has 0 radical (unpaired) electrons. The molecule has 8 nitrogen and oxygen atoms in total. The number of hydrogen-bond acceptors (Lipinski definition) is 7. The number of hydrogen-bond donors (Lipinski definition) is 2. The molecule has 1 saturated heterocycles. The van der Waals surface area contributed by atoms with E-state index in [0.717, 1.165) is 41.4 Å². The molecule has 8 heteroatoms. The lowest BCUT2D eigenvalue weighted by atomic mass is 9.77. The predicted octanol–water partition coefficient (Wildman–Crippen LogP) is 5.57. The summed E-state index contributed by atoms with van der Waals surface area (Å²) in [5, 5.41) is 16.6. The van der Waals surface area contributed by atoms with Gasteiger partial charge in [-0.05, 0) is 91.8 Å². The van der Waals surface area contributed by atoms with Gasteiger partial charge >= 0.3 is 0 Å². The molecule has 2 aromatic heterocycles. The fraction of sp³-hybridized carbons (Fsp3) is 0.464. The molecule has 1 aliphatic rings. The minimum atomic E-state index is 0.0224. The molecule has 0 spiro atoms. The Kier molecular flexibility index (Phi) is 6.72. The lowest BCUT2D eigenvalue weighted by Gasteiger charge is -2.53. The van der Waals surface area contributed by atoms with Gasteiger partial charge in [0.25, 0.3) is 0 Å². The maximum absolute atomic E-state index is 9.71. The van der Waals surface area contributed by atoms with E-state index >= 15 is 0 Å². The SMILES string of the molecule is COc1ccc(Nc2ncc(C#N)c(NC3CC(C)(C)N(C)C(C)(C)C3)n2)cc1-n1c(C)ccc1C. The highest BCUT2D eigenvalue weighted by Crippen LogP contribution is 2.38. The van der Waals surface area contributed by atoms with Crippen LogP contribution in [-0.4, -0.2) is 50.7 Å². The van der Waals surface area contributed by atoms with Crippen molar-refractivity contribution >= 4 is 17.5 Å². The van der Waals surface area contributed by atoms with Gasteiger partial charge in [-0.2, -0.15) is 10.2 Å². The lowest BCUT2D eigenvalue weighted by molar-refractivity contribution is -0.00772. The third-order valence-corrected chi connectivity index (χ3v) is 7.50. The summed E-state index contributed by atoms with van der Waals surface area (Å²) in [4.78, 5) is 11.6. The second-order valence-corrected chi connectivity index (χ2v) is 11.0. The van der Waals surface area contributed by atoms with E-state index in [4.69, 9.17) is 9.72 Å². The molecule has 1 fully saturated rings. The summed E-state index contributed by atoms with van der Waals surface area (Å²) >= 11 is 0. The summed E-state index contributed by atoms with van der Waals surface area (Å²) in [5.74, 6) is 1.76. The van der Waals surface area contributed by atoms with E-state index in [1.165, 1.54) is 0 Å². The Morgan fingerprint density at radius 3 is 2.28 bits per heavy atom. The van der Waals surface area contributed by atoms with Crippen LogP contribution in [0.2, 0.25) is 0 Å². The van der Waals surface area contributed by atoms with Gasteiger partial charge in [0.1, 0.15) is 23.2 Å². The number of nitriles is 1. The minimum absolute atomic E-state index is 0.0224. The van der Waals surface area contributed by atoms with E-state index in [1.807, 2.05) is 18.2 Å². The number of rotatable bonds is 6. The van der Waals surface area contributed by atoms with E-state index in [2.05, 4.69) is 91.9 Å². The molecule has 0 amide bonds. The number of likely N-dealkylation sites (tertiary alicyclic amines) is 1. The number of aromatic nitrogens is 3. The van der Waals surface area contributed by atoms with Gasteiger partial charge in [0, 0.05) is 34.2 Å². The first kappa shape index (κ1) is 25.5. The van der Waals surface area contributed by atoms with E-state index in [1.54, 1.807) is 13.3 Å². The molecule has 0 aliphatic carbocycles. The molecule has 0 saturated carbocycles. The van der Waals surface area contributed by atoms with Crippen molar-refractivity contribution in [1.29, 1.82) is 5.26 Å². The van der Waals surface area contributed by atoms with Crippen LogP contribution in [0.1, 0.15) is 57.5 Å². The second-order valence-electron chi connectivity index (χ2n) is 11.0. The predicted molar refractivity (Wildman–Crippen MR) is 144 cm³/mol. The molecule has 4 rings (SSSR count). The Hall–Kier alpha value is -3.57. The molecule has 3 aromatic rings. The van der Waals surface area contributed by atoms with Crippen molar-refractivity contribution in [3.05, 3.63) is 53.5 Å². The van der Waals surface area contributed by atoms with Gasteiger partial charge in [0.15, 0.2) is 0 Å². The molecule has 3 heterocycles. The highest BCUT2D eigenvalue weighted by atomic mass is 16.5. The van der Waals surface area contributed by atoms with Gasteiger partial charge in [-0.3, -0.25) is 4.90 Å². The third-order valence-electron chi connectivity index (χ3n) is 7.50. The number of nitrogens with one attached hydrogen (secondary N) is 2. The molecule has 2 N–H and O–H groups in total. The summed E-state index contributed by atoms with van der Waals surface area (Å²) in [7, 11) is 3.86. The first-order chi connectivity index (χ1) is 16.9. The average Bonchev–Trinajstić information content (AvgIpc) is 3.15. The van der Waals surface area contributed by atoms with Crippen LogP contribution in [0.4, 0.5) is 17.5 Å². The van der Waals surface area contributed by atoms with Crippen LogP contribution in [0.5, 0.6) is 5.75 Å². The van der Waals surface area contributed by atoms with E-state index in [0.29, 0.717) is 17.3 Å². The van der Waals surface area contributed by atoms with Crippen molar-refractivity contribution in [3.63, 3.8) is 0 Å². The maximum Gasteiger partial charge on any atom is 0.229 e. The standard InChI is InChI=1S/C28H37N7O/c1-18-9-10-19(2)35(18)23-13-21(11-12-24(23)36-8)32-26-30-17-20(16-29)25(33-26)31-22-14-27(3,4)34(7)28(5,6)15-22/h9-13,17,22H,14-15H2,1-8H3,(H2,30,31,32,33). The van der Waals surface area contributed by atoms with Crippen LogP contribution >= 0.6 is 0 Å². The number of aryl methyl sites for hydroxylation is 2. The van der Waals surface area contributed by atoms with Crippen LogP contribution in [-0.2, 0) is 0 Å². The Morgan fingerprint density at radius 1 is 1.06 bits per heavy atom. The smallest absolute Gasteiger partial charge is 0.229 e. The van der Waals surface area contributed by atoms with Crippen LogP contribution in [0.3, 0.4) is 0 Å². The van der Waals surface area contributed by atoms with Crippen molar-refractivity contribution in [2.75, 3.05) is 24.8 Å². The summed E-state index contributed by atoms with van der Waals surface area (Å²) in [5.41, 5.74) is 4.48. The van der Waals surface area contributed by atoms with Crippen LogP contribution in [0.15, 0.2) is 36.5 Å². The first-order valence-corrected chi connectivity index (χ1v) is 12.3. The topological polar surface area (TPSA) is 91.0 Å². The van der Waals surface area contributed by atoms with Gasteiger partial charge < -0.3 is 19.9 Å². The fourth-order valence-electron chi connectivity index (χ4n) is 5.42. The molecule has 0 atom stereocenters. The number of benzene rings is 1. The Morgan fingerprint density at radius 2 is 1.69 bits per heavy atom. The zero-order chi connectivity index (χ0) is 26.3. The zero-order valence-electron chi connectivity index (χ0n) is 22.6. The van der Waals surface area contributed by atoms with Gasteiger partial charge in [-0.1, -0.05) is 0 Å². The van der Waals surface area contributed by atoms with Gasteiger partial charge in [0.2, 0.25) is 5.95 Å². The third kappa shape index (κ3) is 4.89. The summed E-state index contributed by atoms with van der Waals surface area (Å²) in [6.45, 7) is 13.2. The van der Waals surface area contributed by atoms with Gasteiger partial charge in [0.05, 0.1) is 19.0 Å². The number of nitrogens with zero attached hydrogens (tertiary/aromatic N) is 5. The van der Waals surface area contributed by atoms with Crippen molar-refractivity contribution in [1.82, 2.24) is 19.4 Å². The molecule has 36 heavy (non-hydrogen) atoms. The Labute approximate surface area is 214 Å². The molecule has 0 bridgehead atoms. The van der Waals surface area contributed by atoms with Crippen molar-refractivity contribution in [2.45, 2.75) is 71.5 Å². The summed E-state index contributed by atoms with van der Waals surface area (Å²) in [6.07, 6.45) is 3.47. The fourth-order valence-corrected chi connectivity index (χ4v) is 5.42. The normalized spacial score (nSPS) is 17.4.